The maximum absolute atomic E-state index is 13.0. The summed E-state index contributed by atoms with van der Waals surface area (Å²) in [5.74, 6) is -1.63. The molecule has 0 aliphatic heterocycles. The van der Waals surface area contributed by atoms with Crippen LogP contribution in [0.3, 0.4) is 0 Å². The highest BCUT2D eigenvalue weighted by Gasteiger charge is 2.09. The van der Waals surface area contributed by atoms with Gasteiger partial charge >= 0.3 is 0 Å². The molecule has 100 valence electrons. The minimum atomic E-state index is -1.03. The molecule has 2 rings (SSSR count). The van der Waals surface area contributed by atoms with E-state index in [9.17, 15) is 13.6 Å². The number of aromatic nitrogens is 2. The lowest BCUT2D eigenvalue weighted by Crippen LogP contribution is -2.25. The van der Waals surface area contributed by atoms with Crippen LogP contribution in [-0.4, -0.2) is 22.4 Å². The predicted molar refractivity (Wildman–Crippen MR) is 65.7 cm³/mol. The molecule has 0 saturated carbocycles. The van der Waals surface area contributed by atoms with Crippen molar-refractivity contribution in [2.75, 3.05) is 6.54 Å². The summed E-state index contributed by atoms with van der Waals surface area (Å²) in [6.07, 6.45) is 2.29. The van der Waals surface area contributed by atoms with Crippen LogP contribution in [0.1, 0.15) is 21.9 Å². The van der Waals surface area contributed by atoms with Crippen molar-refractivity contribution in [2.45, 2.75) is 13.3 Å². The Morgan fingerprint density at radius 3 is 2.79 bits per heavy atom. The predicted octanol–water partition coefficient (Wildman–Crippen LogP) is 1.97. The molecule has 1 amide bonds. The topological polar surface area (TPSA) is 57.8 Å². The number of nitrogens with one attached hydrogen (secondary N) is 2. The molecule has 0 bridgehead atoms. The van der Waals surface area contributed by atoms with E-state index in [-0.39, 0.29) is 5.56 Å². The molecule has 0 fully saturated rings. The summed E-state index contributed by atoms with van der Waals surface area (Å²) in [4.78, 5) is 18.7. The molecular weight excluding hydrogens is 252 g/mol. The number of nitrogens with zero attached hydrogens (tertiary/aromatic N) is 1. The molecule has 19 heavy (non-hydrogen) atoms. The molecule has 0 aliphatic rings. The van der Waals surface area contributed by atoms with Gasteiger partial charge in [-0.15, -0.1) is 0 Å². The van der Waals surface area contributed by atoms with E-state index < -0.39 is 17.5 Å². The zero-order chi connectivity index (χ0) is 13.8. The highest BCUT2D eigenvalue weighted by molar-refractivity contribution is 5.94. The molecule has 0 spiro atoms. The number of aromatic amines is 1. The first-order chi connectivity index (χ1) is 9.06. The van der Waals surface area contributed by atoms with E-state index in [4.69, 9.17) is 0 Å². The second-order valence-electron chi connectivity index (χ2n) is 4.13. The number of carbonyl (C=O) groups is 1. The molecule has 2 aromatic rings. The largest absolute Gasteiger partial charge is 0.352 e. The van der Waals surface area contributed by atoms with Crippen molar-refractivity contribution >= 4 is 5.91 Å². The Balaban J connectivity index is 1.89. The minimum Gasteiger partial charge on any atom is -0.352 e. The monoisotopic (exact) mass is 265 g/mol. The van der Waals surface area contributed by atoms with Crippen molar-refractivity contribution in [2.24, 2.45) is 0 Å². The fraction of sp³-hybridized carbons (Fsp3) is 0.231. The molecule has 1 aromatic heterocycles. The first-order valence-corrected chi connectivity index (χ1v) is 5.80. The van der Waals surface area contributed by atoms with E-state index in [1.807, 2.05) is 6.92 Å². The summed E-state index contributed by atoms with van der Waals surface area (Å²) < 4.78 is 25.7. The van der Waals surface area contributed by atoms with Crippen LogP contribution in [0.5, 0.6) is 0 Å². The summed E-state index contributed by atoms with van der Waals surface area (Å²) in [6.45, 7) is 2.23. The van der Waals surface area contributed by atoms with E-state index in [0.29, 0.717) is 13.0 Å². The van der Waals surface area contributed by atoms with E-state index in [1.165, 1.54) is 6.07 Å². The Hall–Kier alpha value is -2.24. The van der Waals surface area contributed by atoms with Crippen molar-refractivity contribution in [1.29, 1.82) is 0 Å². The summed E-state index contributed by atoms with van der Waals surface area (Å²) in [5.41, 5.74) is 1.00. The molecule has 6 heteroatoms. The number of rotatable bonds is 4. The Kier molecular flexibility index (Phi) is 3.89. The van der Waals surface area contributed by atoms with Gasteiger partial charge in [0, 0.05) is 30.4 Å². The smallest absolute Gasteiger partial charge is 0.251 e. The molecule has 0 radical (unpaired) electrons. The molecule has 1 heterocycles. The van der Waals surface area contributed by atoms with Crippen molar-refractivity contribution in [1.82, 2.24) is 15.3 Å². The van der Waals surface area contributed by atoms with Gasteiger partial charge in [-0.25, -0.2) is 13.8 Å². The van der Waals surface area contributed by atoms with Crippen molar-refractivity contribution in [3.8, 4) is 0 Å². The first kappa shape index (κ1) is 13.2. The van der Waals surface area contributed by atoms with Gasteiger partial charge in [0.1, 0.15) is 5.82 Å². The van der Waals surface area contributed by atoms with Gasteiger partial charge in [0.15, 0.2) is 11.6 Å². The SMILES string of the molecule is Cc1ncc(CCNC(=O)c2ccc(F)c(F)c2)[nH]1. The van der Waals surface area contributed by atoms with Crippen LogP contribution in [0.15, 0.2) is 24.4 Å². The average molecular weight is 265 g/mol. The highest BCUT2D eigenvalue weighted by Crippen LogP contribution is 2.08. The fourth-order valence-corrected chi connectivity index (χ4v) is 1.65. The normalized spacial score (nSPS) is 10.5. The van der Waals surface area contributed by atoms with Crippen molar-refractivity contribution in [3.05, 3.63) is 53.1 Å². The quantitative estimate of drug-likeness (QED) is 0.888. The van der Waals surface area contributed by atoms with E-state index in [1.54, 1.807) is 6.20 Å². The number of imidazole rings is 1. The number of H-pyrrole nitrogens is 1. The van der Waals surface area contributed by atoms with E-state index in [0.717, 1.165) is 23.7 Å². The van der Waals surface area contributed by atoms with Gasteiger partial charge in [0.2, 0.25) is 0 Å². The number of aryl methyl sites for hydroxylation is 1. The lowest BCUT2D eigenvalue weighted by Gasteiger charge is -2.04. The van der Waals surface area contributed by atoms with Gasteiger partial charge < -0.3 is 10.3 Å². The average Bonchev–Trinajstić information content (AvgIpc) is 2.78. The van der Waals surface area contributed by atoms with Crippen LogP contribution in [-0.2, 0) is 6.42 Å². The zero-order valence-corrected chi connectivity index (χ0v) is 10.3. The lowest BCUT2D eigenvalue weighted by atomic mass is 10.2. The summed E-state index contributed by atoms with van der Waals surface area (Å²) in [7, 11) is 0. The van der Waals surface area contributed by atoms with Crippen LogP contribution in [0, 0.1) is 18.6 Å². The van der Waals surface area contributed by atoms with Gasteiger partial charge in [-0.05, 0) is 25.1 Å². The van der Waals surface area contributed by atoms with E-state index in [2.05, 4.69) is 15.3 Å². The Morgan fingerprint density at radius 1 is 1.37 bits per heavy atom. The maximum atomic E-state index is 13.0. The molecule has 4 nitrogen and oxygen atoms in total. The molecular formula is C13H13F2N3O. The summed E-state index contributed by atoms with van der Waals surface area (Å²) >= 11 is 0. The fourth-order valence-electron chi connectivity index (χ4n) is 1.65. The Morgan fingerprint density at radius 2 is 2.16 bits per heavy atom. The second-order valence-corrected chi connectivity index (χ2v) is 4.13. The first-order valence-electron chi connectivity index (χ1n) is 5.80. The van der Waals surface area contributed by atoms with Crippen LogP contribution in [0.2, 0.25) is 0 Å². The Labute approximate surface area is 108 Å². The van der Waals surface area contributed by atoms with Gasteiger partial charge in [-0.1, -0.05) is 0 Å². The van der Waals surface area contributed by atoms with Gasteiger partial charge in [-0.2, -0.15) is 0 Å². The standard InChI is InChI=1S/C13H13F2N3O/c1-8-17-7-10(18-8)4-5-16-13(19)9-2-3-11(14)12(15)6-9/h2-3,6-7H,4-5H2,1H3,(H,16,19)(H,17,18). The van der Waals surface area contributed by atoms with Gasteiger partial charge in [0.25, 0.3) is 5.91 Å². The zero-order valence-electron chi connectivity index (χ0n) is 10.3. The molecule has 0 aliphatic carbocycles. The third-order valence-electron chi connectivity index (χ3n) is 2.62. The third kappa shape index (κ3) is 3.37. The van der Waals surface area contributed by atoms with Gasteiger partial charge in [-0.3, -0.25) is 4.79 Å². The minimum absolute atomic E-state index is 0.0969. The summed E-state index contributed by atoms with van der Waals surface area (Å²) in [6, 6.07) is 3.06. The van der Waals surface area contributed by atoms with Crippen LogP contribution >= 0.6 is 0 Å². The van der Waals surface area contributed by atoms with E-state index >= 15 is 0 Å². The lowest BCUT2D eigenvalue weighted by molar-refractivity contribution is 0.0953. The number of carbonyl (C=O) groups excluding carboxylic acids is 1. The van der Waals surface area contributed by atoms with Crippen LogP contribution in [0.4, 0.5) is 8.78 Å². The molecule has 2 N–H and O–H groups in total. The van der Waals surface area contributed by atoms with Gasteiger partial charge in [0.05, 0.1) is 0 Å². The molecule has 0 atom stereocenters. The third-order valence-corrected chi connectivity index (χ3v) is 2.62. The molecule has 1 aromatic carbocycles. The number of hydrogen-bond donors (Lipinski definition) is 2. The Bertz CT molecular complexity index is 595. The summed E-state index contributed by atoms with van der Waals surface area (Å²) in [5, 5.41) is 2.63. The number of benzene rings is 1. The maximum Gasteiger partial charge on any atom is 0.251 e. The van der Waals surface area contributed by atoms with Crippen LogP contribution in [0.25, 0.3) is 0 Å². The number of hydrogen-bond acceptors (Lipinski definition) is 2. The molecule has 0 saturated heterocycles. The number of amides is 1. The van der Waals surface area contributed by atoms with Crippen LogP contribution < -0.4 is 5.32 Å². The van der Waals surface area contributed by atoms with Crippen molar-refractivity contribution in [3.63, 3.8) is 0 Å². The highest BCUT2D eigenvalue weighted by atomic mass is 19.2. The number of halogens is 2. The second kappa shape index (κ2) is 5.60. The van der Waals surface area contributed by atoms with Crippen molar-refractivity contribution < 1.29 is 13.6 Å². The molecule has 0 unspecified atom stereocenters.